The largest absolute Gasteiger partial charge is 0.367 e. The second-order valence-corrected chi connectivity index (χ2v) is 6.54. The number of rotatable bonds is 3. The highest BCUT2D eigenvalue weighted by molar-refractivity contribution is 9.10. The van der Waals surface area contributed by atoms with E-state index in [4.69, 9.17) is 0 Å². The number of carbonyl (C=O) groups excluding carboxylic acids is 1. The number of halogens is 1. The summed E-state index contributed by atoms with van der Waals surface area (Å²) in [7, 11) is 0. The van der Waals surface area contributed by atoms with Crippen molar-refractivity contribution >= 4 is 27.6 Å². The van der Waals surface area contributed by atoms with E-state index in [1.54, 1.807) is 0 Å². The zero-order chi connectivity index (χ0) is 15.4. The highest BCUT2D eigenvalue weighted by Gasteiger charge is 2.22. The number of anilines is 1. The van der Waals surface area contributed by atoms with Gasteiger partial charge in [0.1, 0.15) is 0 Å². The normalized spacial score (nSPS) is 16.8. The van der Waals surface area contributed by atoms with Crippen LogP contribution in [-0.2, 0) is 0 Å². The first-order chi connectivity index (χ1) is 10.0. The minimum absolute atomic E-state index is 0.0620. The quantitative estimate of drug-likeness (QED) is 0.903. The molecular formula is C16H24BrN3O. The Hall–Kier alpha value is -1.23. The molecule has 0 spiro atoms. The standard InChI is InChI=1S/C16H24BrN3O/c1-4-13(3)18-16(21)20-9-7-19(8-10-20)15-6-5-12(2)11-14(15)17/h5-6,11,13H,4,7-10H2,1-3H3,(H,18,21). The van der Waals surface area contributed by atoms with Gasteiger partial charge in [-0.05, 0) is 53.9 Å². The van der Waals surface area contributed by atoms with Crippen LogP contribution in [0.1, 0.15) is 25.8 Å². The van der Waals surface area contributed by atoms with Gasteiger partial charge in [0.2, 0.25) is 0 Å². The third-order valence-corrected chi connectivity index (χ3v) is 4.63. The summed E-state index contributed by atoms with van der Waals surface area (Å²) in [4.78, 5) is 16.3. The van der Waals surface area contributed by atoms with Crippen LogP contribution in [0.15, 0.2) is 22.7 Å². The van der Waals surface area contributed by atoms with Crippen LogP contribution in [0.25, 0.3) is 0 Å². The molecule has 4 nitrogen and oxygen atoms in total. The van der Waals surface area contributed by atoms with Crippen molar-refractivity contribution in [1.29, 1.82) is 0 Å². The van der Waals surface area contributed by atoms with E-state index in [2.05, 4.69) is 58.2 Å². The number of carbonyl (C=O) groups is 1. The van der Waals surface area contributed by atoms with E-state index >= 15 is 0 Å². The number of nitrogens with zero attached hydrogens (tertiary/aromatic N) is 2. The molecule has 0 aliphatic carbocycles. The van der Waals surface area contributed by atoms with E-state index in [1.165, 1.54) is 11.3 Å². The lowest BCUT2D eigenvalue weighted by atomic mass is 10.2. The maximum Gasteiger partial charge on any atom is 0.317 e. The van der Waals surface area contributed by atoms with Gasteiger partial charge in [-0.25, -0.2) is 4.79 Å². The number of benzene rings is 1. The molecule has 0 aromatic heterocycles. The zero-order valence-electron chi connectivity index (χ0n) is 13.0. The lowest BCUT2D eigenvalue weighted by Crippen LogP contribution is -2.53. The molecule has 21 heavy (non-hydrogen) atoms. The monoisotopic (exact) mass is 353 g/mol. The topological polar surface area (TPSA) is 35.6 Å². The van der Waals surface area contributed by atoms with Crippen LogP contribution >= 0.6 is 15.9 Å². The number of aryl methyl sites for hydroxylation is 1. The summed E-state index contributed by atoms with van der Waals surface area (Å²) in [5.41, 5.74) is 2.46. The molecule has 1 N–H and O–H groups in total. The first kappa shape index (κ1) is 16.1. The maximum absolute atomic E-state index is 12.1. The number of piperazine rings is 1. The summed E-state index contributed by atoms with van der Waals surface area (Å²) in [6.07, 6.45) is 0.960. The first-order valence-corrected chi connectivity index (χ1v) is 8.37. The third kappa shape index (κ3) is 4.13. The van der Waals surface area contributed by atoms with E-state index in [-0.39, 0.29) is 12.1 Å². The lowest BCUT2D eigenvalue weighted by Gasteiger charge is -2.37. The number of nitrogens with one attached hydrogen (secondary N) is 1. The zero-order valence-corrected chi connectivity index (χ0v) is 14.6. The molecule has 116 valence electrons. The van der Waals surface area contributed by atoms with Crippen molar-refractivity contribution in [1.82, 2.24) is 10.2 Å². The molecule has 0 bridgehead atoms. The smallest absolute Gasteiger partial charge is 0.317 e. The molecule has 1 heterocycles. The molecule has 0 radical (unpaired) electrons. The van der Waals surface area contributed by atoms with Crippen LogP contribution in [0.5, 0.6) is 0 Å². The van der Waals surface area contributed by atoms with Gasteiger partial charge in [-0.15, -0.1) is 0 Å². The van der Waals surface area contributed by atoms with Crippen LogP contribution in [0.4, 0.5) is 10.5 Å². The van der Waals surface area contributed by atoms with Gasteiger partial charge in [-0.2, -0.15) is 0 Å². The van der Waals surface area contributed by atoms with E-state index in [0.29, 0.717) is 0 Å². The van der Waals surface area contributed by atoms with E-state index in [1.807, 2.05) is 11.8 Å². The second kappa shape index (κ2) is 7.16. The molecule has 1 aromatic carbocycles. The second-order valence-electron chi connectivity index (χ2n) is 5.69. The number of amides is 2. The van der Waals surface area contributed by atoms with Crippen molar-refractivity contribution in [2.45, 2.75) is 33.2 Å². The molecule has 1 unspecified atom stereocenters. The van der Waals surface area contributed by atoms with E-state index in [0.717, 1.165) is 37.1 Å². The summed E-state index contributed by atoms with van der Waals surface area (Å²) in [5, 5.41) is 3.03. The van der Waals surface area contributed by atoms with Gasteiger partial charge in [-0.1, -0.05) is 13.0 Å². The van der Waals surface area contributed by atoms with Gasteiger partial charge in [0.15, 0.2) is 0 Å². The molecule has 1 atom stereocenters. The minimum atomic E-state index is 0.0620. The van der Waals surface area contributed by atoms with E-state index < -0.39 is 0 Å². The Kier molecular flexibility index (Phi) is 5.51. The van der Waals surface area contributed by atoms with Gasteiger partial charge in [0, 0.05) is 36.7 Å². The van der Waals surface area contributed by atoms with Crippen LogP contribution in [0.2, 0.25) is 0 Å². The Morgan fingerprint density at radius 3 is 2.57 bits per heavy atom. The summed E-state index contributed by atoms with van der Waals surface area (Å²) in [6, 6.07) is 6.71. The summed E-state index contributed by atoms with van der Waals surface area (Å²) in [5.74, 6) is 0. The molecule has 1 aliphatic heterocycles. The fraction of sp³-hybridized carbons (Fsp3) is 0.562. The average molecular weight is 354 g/mol. The number of hydrogen-bond acceptors (Lipinski definition) is 2. The summed E-state index contributed by atoms with van der Waals surface area (Å²) >= 11 is 3.63. The van der Waals surface area contributed by atoms with Crippen molar-refractivity contribution < 1.29 is 4.79 Å². The van der Waals surface area contributed by atoms with Crippen LogP contribution in [0, 0.1) is 6.92 Å². The Morgan fingerprint density at radius 2 is 2.00 bits per heavy atom. The molecule has 2 rings (SSSR count). The maximum atomic E-state index is 12.1. The molecular weight excluding hydrogens is 330 g/mol. The molecule has 1 saturated heterocycles. The predicted octanol–water partition coefficient (Wildman–Crippen LogP) is 3.39. The molecule has 0 saturated carbocycles. The van der Waals surface area contributed by atoms with Crippen LogP contribution in [0.3, 0.4) is 0 Å². The minimum Gasteiger partial charge on any atom is -0.367 e. The van der Waals surface area contributed by atoms with Crippen molar-refractivity contribution in [3.05, 3.63) is 28.2 Å². The van der Waals surface area contributed by atoms with Gasteiger partial charge in [0.25, 0.3) is 0 Å². The van der Waals surface area contributed by atoms with Crippen molar-refractivity contribution in [2.24, 2.45) is 0 Å². The van der Waals surface area contributed by atoms with Crippen molar-refractivity contribution in [3.8, 4) is 0 Å². The Balaban J connectivity index is 1.92. The van der Waals surface area contributed by atoms with Gasteiger partial charge in [-0.3, -0.25) is 0 Å². The average Bonchev–Trinajstić information content (AvgIpc) is 2.47. The highest BCUT2D eigenvalue weighted by atomic mass is 79.9. The third-order valence-electron chi connectivity index (χ3n) is 3.99. The van der Waals surface area contributed by atoms with Gasteiger partial charge in [0.05, 0.1) is 5.69 Å². The Bertz CT molecular complexity index is 498. The molecule has 5 heteroatoms. The lowest BCUT2D eigenvalue weighted by molar-refractivity contribution is 0.190. The molecule has 1 aliphatic rings. The highest BCUT2D eigenvalue weighted by Crippen LogP contribution is 2.28. The fourth-order valence-electron chi connectivity index (χ4n) is 2.42. The van der Waals surface area contributed by atoms with Crippen molar-refractivity contribution in [3.63, 3.8) is 0 Å². The fourth-order valence-corrected chi connectivity index (χ4v) is 3.17. The Morgan fingerprint density at radius 1 is 1.33 bits per heavy atom. The molecule has 2 amide bonds. The van der Waals surface area contributed by atoms with Crippen molar-refractivity contribution in [2.75, 3.05) is 31.1 Å². The first-order valence-electron chi connectivity index (χ1n) is 7.57. The predicted molar refractivity (Wildman–Crippen MR) is 90.9 cm³/mol. The Labute approximate surface area is 135 Å². The molecule has 1 aromatic rings. The summed E-state index contributed by atoms with van der Waals surface area (Å²) in [6.45, 7) is 9.48. The van der Waals surface area contributed by atoms with Crippen LogP contribution < -0.4 is 10.2 Å². The summed E-state index contributed by atoms with van der Waals surface area (Å²) < 4.78 is 1.13. The van der Waals surface area contributed by atoms with E-state index in [9.17, 15) is 4.79 Å². The van der Waals surface area contributed by atoms with Gasteiger partial charge >= 0.3 is 6.03 Å². The number of urea groups is 1. The SMILES string of the molecule is CCC(C)NC(=O)N1CCN(c2ccc(C)cc2Br)CC1. The van der Waals surface area contributed by atoms with Gasteiger partial charge < -0.3 is 15.1 Å². The van der Waals surface area contributed by atoms with Crippen LogP contribution in [-0.4, -0.2) is 43.2 Å². The molecule has 1 fully saturated rings. The number of hydrogen-bond donors (Lipinski definition) is 1.